The fourth-order valence-electron chi connectivity index (χ4n) is 3.20. The standard InChI is InChI=1S/C16H23N3O/c20-16(19-10-4-5-11-19)15-12-14(8-9-17-15)18-13-6-2-1-3-7-13/h8-9,12-13H,1-7,10-11H2,(H,17,18). The molecule has 0 unspecified atom stereocenters. The van der Waals surface area contributed by atoms with Crippen molar-refractivity contribution < 1.29 is 4.79 Å². The molecule has 4 heteroatoms. The summed E-state index contributed by atoms with van der Waals surface area (Å²) in [4.78, 5) is 18.5. The third-order valence-corrected chi connectivity index (χ3v) is 4.35. The summed E-state index contributed by atoms with van der Waals surface area (Å²) < 4.78 is 0. The summed E-state index contributed by atoms with van der Waals surface area (Å²) >= 11 is 0. The number of likely N-dealkylation sites (tertiary alicyclic amines) is 1. The Morgan fingerprint density at radius 3 is 2.65 bits per heavy atom. The summed E-state index contributed by atoms with van der Waals surface area (Å²) in [5, 5.41) is 3.56. The molecule has 1 saturated heterocycles. The maximum absolute atomic E-state index is 12.3. The number of aromatic nitrogens is 1. The topological polar surface area (TPSA) is 45.2 Å². The van der Waals surface area contributed by atoms with Crippen molar-refractivity contribution in [2.75, 3.05) is 18.4 Å². The second-order valence-electron chi connectivity index (χ2n) is 5.91. The van der Waals surface area contributed by atoms with Gasteiger partial charge in [0, 0.05) is 31.0 Å². The third-order valence-electron chi connectivity index (χ3n) is 4.35. The Morgan fingerprint density at radius 2 is 1.90 bits per heavy atom. The van der Waals surface area contributed by atoms with Crippen molar-refractivity contribution in [2.45, 2.75) is 51.0 Å². The molecule has 0 aromatic carbocycles. The zero-order valence-electron chi connectivity index (χ0n) is 12.0. The minimum atomic E-state index is 0.0785. The smallest absolute Gasteiger partial charge is 0.272 e. The lowest BCUT2D eigenvalue weighted by atomic mass is 9.95. The Balaban J connectivity index is 1.67. The van der Waals surface area contributed by atoms with Crippen LogP contribution in [0.5, 0.6) is 0 Å². The lowest BCUT2D eigenvalue weighted by Crippen LogP contribution is -2.28. The molecule has 0 atom stereocenters. The molecule has 0 radical (unpaired) electrons. The van der Waals surface area contributed by atoms with E-state index in [4.69, 9.17) is 0 Å². The molecule has 2 fully saturated rings. The largest absolute Gasteiger partial charge is 0.382 e. The van der Waals surface area contributed by atoms with Crippen LogP contribution >= 0.6 is 0 Å². The van der Waals surface area contributed by atoms with Crippen LogP contribution in [0.3, 0.4) is 0 Å². The van der Waals surface area contributed by atoms with Gasteiger partial charge in [0.2, 0.25) is 0 Å². The molecule has 1 amide bonds. The van der Waals surface area contributed by atoms with Crippen LogP contribution in [0, 0.1) is 0 Å². The highest BCUT2D eigenvalue weighted by Crippen LogP contribution is 2.22. The predicted molar refractivity (Wildman–Crippen MR) is 79.9 cm³/mol. The van der Waals surface area contributed by atoms with Crippen LogP contribution in [0.1, 0.15) is 55.4 Å². The molecule has 1 aliphatic carbocycles. The van der Waals surface area contributed by atoms with Gasteiger partial charge in [-0.1, -0.05) is 19.3 Å². The van der Waals surface area contributed by atoms with Gasteiger partial charge in [0.05, 0.1) is 0 Å². The number of carbonyl (C=O) groups excluding carboxylic acids is 1. The molecule has 1 aliphatic heterocycles. The van der Waals surface area contributed by atoms with Crippen molar-refractivity contribution in [3.63, 3.8) is 0 Å². The number of pyridine rings is 1. The van der Waals surface area contributed by atoms with Crippen LogP contribution in [0.15, 0.2) is 18.3 Å². The van der Waals surface area contributed by atoms with Gasteiger partial charge >= 0.3 is 0 Å². The maximum Gasteiger partial charge on any atom is 0.272 e. The van der Waals surface area contributed by atoms with Gasteiger partial charge in [0.15, 0.2) is 0 Å². The Kier molecular flexibility index (Phi) is 4.19. The number of nitrogens with one attached hydrogen (secondary N) is 1. The van der Waals surface area contributed by atoms with Crippen molar-refractivity contribution in [1.29, 1.82) is 0 Å². The lowest BCUT2D eigenvalue weighted by molar-refractivity contribution is 0.0787. The zero-order chi connectivity index (χ0) is 13.8. The van der Waals surface area contributed by atoms with Crippen LogP contribution in [-0.4, -0.2) is 34.9 Å². The molecule has 1 N–H and O–H groups in total. The first kappa shape index (κ1) is 13.4. The molecule has 20 heavy (non-hydrogen) atoms. The second-order valence-corrected chi connectivity index (χ2v) is 5.91. The van der Waals surface area contributed by atoms with E-state index in [0.717, 1.165) is 31.6 Å². The van der Waals surface area contributed by atoms with Gasteiger partial charge in [-0.15, -0.1) is 0 Å². The van der Waals surface area contributed by atoms with Gasteiger partial charge in [-0.05, 0) is 37.8 Å². The summed E-state index contributed by atoms with van der Waals surface area (Å²) in [5.74, 6) is 0.0785. The first-order valence-corrected chi connectivity index (χ1v) is 7.85. The molecule has 4 nitrogen and oxygen atoms in total. The Bertz CT molecular complexity index is 463. The summed E-state index contributed by atoms with van der Waals surface area (Å²) in [5.41, 5.74) is 1.61. The average Bonchev–Trinajstić information content (AvgIpc) is 3.02. The van der Waals surface area contributed by atoms with E-state index in [-0.39, 0.29) is 5.91 Å². The van der Waals surface area contributed by atoms with Gasteiger partial charge in [0.1, 0.15) is 5.69 Å². The molecular formula is C16H23N3O. The summed E-state index contributed by atoms with van der Waals surface area (Å²) in [7, 11) is 0. The minimum Gasteiger partial charge on any atom is -0.382 e. The van der Waals surface area contributed by atoms with Crippen molar-refractivity contribution in [3.05, 3.63) is 24.0 Å². The first-order chi connectivity index (χ1) is 9.83. The fraction of sp³-hybridized carbons (Fsp3) is 0.625. The lowest BCUT2D eigenvalue weighted by Gasteiger charge is -2.24. The summed E-state index contributed by atoms with van der Waals surface area (Å²) in [6.07, 6.45) is 10.4. The van der Waals surface area contributed by atoms with Crippen LogP contribution in [0.4, 0.5) is 5.69 Å². The molecular weight excluding hydrogens is 250 g/mol. The molecule has 0 spiro atoms. The van der Waals surface area contributed by atoms with Crippen molar-refractivity contribution in [3.8, 4) is 0 Å². The Morgan fingerprint density at radius 1 is 1.15 bits per heavy atom. The van der Waals surface area contributed by atoms with Crippen LogP contribution in [0.25, 0.3) is 0 Å². The molecule has 0 bridgehead atoms. The highest BCUT2D eigenvalue weighted by Gasteiger charge is 2.21. The first-order valence-electron chi connectivity index (χ1n) is 7.85. The maximum atomic E-state index is 12.3. The monoisotopic (exact) mass is 273 g/mol. The van der Waals surface area contributed by atoms with Gasteiger partial charge < -0.3 is 10.2 Å². The van der Waals surface area contributed by atoms with E-state index in [9.17, 15) is 4.79 Å². The number of hydrogen-bond donors (Lipinski definition) is 1. The molecule has 2 aliphatic rings. The Labute approximate surface area is 120 Å². The van der Waals surface area contributed by atoms with Crippen LogP contribution in [-0.2, 0) is 0 Å². The molecule has 1 saturated carbocycles. The number of carbonyl (C=O) groups is 1. The Hall–Kier alpha value is -1.58. The van der Waals surface area contributed by atoms with Gasteiger partial charge in [-0.25, -0.2) is 0 Å². The average molecular weight is 273 g/mol. The number of hydrogen-bond acceptors (Lipinski definition) is 3. The SMILES string of the molecule is O=C(c1cc(NC2CCCCC2)ccn1)N1CCCC1. The van der Waals surface area contributed by atoms with E-state index in [0.29, 0.717) is 11.7 Å². The third kappa shape index (κ3) is 3.11. The zero-order valence-corrected chi connectivity index (χ0v) is 12.0. The van der Waals surface area contributed by atoms with E-state index in [1.807, 2.05) is 17.0 Å². The number of rotatable bonds is 3. The second kappa shape index (κ2) is 6.25. The van der Waals surface area contributed by atoms with Crippen LogP contribution in [0.2, 0.25) is 0 Å². The molecule has 2 heterocycles. The molecule has 1 aromatic heterocycles. The fourth-order valence-corrected chi connectivity index (χ4v) is 3.20. The summed E-state index contributed by atoms with van der Waals surface area (Å²) in [6, 6.07) is 4.44. The van der Waals surface area contributed by atoms with E-state index >= 15 is 0 Å². The van der Waals surface area contributed by atoms with Gasteiger partial charge in [-0.3, -0.25) is 9.78 Å². The minimum absolute atomic E-state index is 0.0785. The number of anilines is 1. The van der Waals surface area contributed by atoms with E-state index in [2.05, 4.69) is 10.3 Å². The highest BCUT2D eigenvalue weighted by molar-refractivity contribution is 5.93. The molecule has 1 aromatic rings. The van der Waals surface area contributed by atoms with Crippen molar-refractivity contribution in [2.24, 2.45) is 0 Å². The van der Waals surface area contributed by atoms with Crippen molar-refractivity contribution >= 4 is 11.6 Å². The number of nitrogens with zero attached hydrogens (tertiary/aromatic N) is 2. The molecule has 3 rings (SSSR count). The predicted octanol–water partition coefficient (Wildman–Crippen LogP) is 3.06. The summed E-state index contributed by atoms with van der Waals surface area (Å²) in [6.45, 7) is 1.75. The van der Waals surface area contributed by atoms with Crippen LogP contribution < -0.4 is 5.32 Å². The van der Waals surface area contributed by atoms with Crippen molar-refractivity contribution in [1.82, 2.24) is 9.88 Å². The van der Waals surface area contributed by atoms with E-state index in [1.165, 1.54) is 32.1 Å². The molecule has 108 valence electrons. The normalized spacial score (nSPS) is 20.1. The van der Waals surface area contributed by atoms with Gasteiger partial charge in [-0.2, -0.15) is 0 Å². The van der Waals surface area contributed by atoms with E-state index in [1.54, 1.807) is 6.20 Å². The van der Waals surface area contributed by atoms with Gasteiger partial charge in [0.25, 0.3) is 5.91 Å². The number of amides is 1. The highest BCUT2D eigenvalue weighted by atomic mass is 16.2. The van der Waals surface area contributed by atoms with E-state index < -0.39 is 0 Å². The quantitative estimate of drug-likeness (QED) is 0.920.